The van der Waals surface area contributed by atoms with Gasteiger partial charge in [-0.1, -0.05) is 12.1 Å². The van der Waals surface area contributed by atoms with Crippen LogP contribution in [0.25, 0.3) is 0 Å². The Morgan fingerprint density at radius 3 is 2.50 bits per heavy atom. The molecule has 0 radical (unpaired) electrons. The number of nitrogens with zero attached hydrogens (tertiary/aromatic N) is 1. The summed E-state index contributed by atoms with van der Waals surface area (Å²) in [6.07, 6.45) is 1.49. The molecule has 2 aromatic rings. The van der Waals surface area contributed by atoms with Gasteiger partial charge >= 0.3 is 5.97 Å². The minimum Gasteiger partial charge on any atom is -0.454 e. The minimum atomic E-state index is -1.32. The Morgan fingerprint density at radius 1 is 1.15 bits per heavy atom. The van der Waals surface area contributed by atoms with Gasteiger partial charge in [-0.15, -0.1) is 0 Å². The van der Waals surface area contributed by atoms with Crippen LogP contribution in [0.1, 0.15) is 32.1 Å². The number of ketones is 1. The summed E-state index contributed by atoms with van der Waals surface area (Å²) >= 11 is 0. The van der Waals surface area contributed by atoms with Crippen LogP contribution in [0.5, 0.6) is 0 Å². The van der Waals surface area contributed by atoms with E-state index in [2.05, 4.69) is 0 Å². The summed E-state index contributed by atoms with van der Waals surface area (Å²) in [5.41, 5.74) is 2.50. The number of hydrogen-bond acceptors (Lipinski definition) is 5. The first-order valence-electron chi connectivity index (χ1n) is 8.15. The number of aryl methyl sites for hydroxylation is 1. The fourth-order valence-electron chi connectivity index (χ4n) is 2.78. The summed E-state index contributed by atoms with van der Waals surface area (Å²) in [4.78, 5) is 25.1. The molecule has 1 aromatic carbocycles. The van der Waals surface area contributed by atoms with E-state index in [1.54, 1.807) is 37.4 Å². The van der Waals surface area contributed by atoms with Crippen LogP contribution < -0.4 is 0 Å². The minimum absolute atomic E-state index is 0.215. The number of carbonyl (C=O) groups is 2. The van der Waals surface area contributed by atoms with E-state index in [4.69, 9.17) is 9.47 Å². The molecule has 140 valence electrons. The van der Waals surface area contributed by atoms with Crippen molar-refractivity contribution < 1.29 is 23.3 Å². The first kappa shape index (κ1) is 20.1. The highest BCUT2D eigenvalue weighted by molar-refractivity contribution is 7.84. The molecule has 0 saturated carbocycles. The normalized spacial score (nSPS) is 12.0. The second kappa shape index (κ2) is 8.91. The molecule has 26 heavy (non-hydrogen) atoms. The molecular formula is C19H23NO5S. The third-order valence-electron chi connectivity index (χ3n) is 4.14. The molecule has 2 rings (SSSR count). The summed E-state index contributed by atoms with van der Waals surface area (Å²) in [6, 6.07) is 8.31. The summed E-state index contributed by atoms with van der Waals surface area (Å²) < 4.78 is 24.0. The third kappa shape index (κ3) is 4.47. The largest absolute Gasteiger partial charge is 0.454 e. The molecule has 1 atom stereocenters. The van der Waals surface area contributed by atoms with Gasteiger partial charge < -0.3 is 14.0 Å². The van der Waals surface area contributed by atoms with Crippen molar-refractivity contribution in [2.45, 2.75) is 25.3 Å². The molecular weight excluding hydrogens is 354 g/mol. The highest BCUT2D eigenvalue weighted by Crippen LogP contribution is 2.17. The number of ether oxygens (including phenoxy) is 2. The molecule has 0 fully saturated rings. The van der Waals surface area contributed by atoms with Gasteiger partial charge in [0.1, 0.15) is 0 Å². The van der Waals surface area contributed by atoms with Crippen LogP contribution >= 0.6 is 0 Å². The summed E-state index contributed by atoms with van der Waals surface area (Å²) in [5.74, 6) is -0.928. The molecule has 0 aliphatic heterocycles. The summed E-state index contributed by atoms with van der Waals surface area (Å²) in [6.45, 7) is 4.60. The molecule has 0 saturated heterocycles. The van der Waals surface area contributed by atoms with Crippen LogP contribution in [0.4, 0.5) is 0 Å². The lowest BCUT2D eigenvalue weighted by Gasteiger charge is -2.09. The quantitative estimate of drug-likeness (QED) is 0.522. The van der Waals surface area contributed by atoms with Gasteiger partial charge in [-0.25, -0.2) is 4.79 Å². The highest BCUT2D eigenvalue weighted by Gasteiger charge is 2.19. The highest BCUT2D eigenvalue weighted by atomic mass is 32.2. The molecule has 6 nitrogen and oxygen atoms in total. The van der Waals surface area contributed by atoms with E-state index in [1.807, 2.05) is 18.4 Å². The van der Waals surface area contributed by atoms with Crippen LogP contribution in [0.15, 0.2) is 35.2 Å². The maximum atomic E-state index is 12.5. The van der Waals surface area contributed by atoms with E-state index in [1.165, 1.54) is 6.26 Å². The Balaban J connectivity index is 2.10. The Labute approximate surface area is 155 Å². The molecule has 0 bridgehead atoms. The summed E-state index contributed by atoms with van der Waals surface area (Å²) in [5, 5.41) is 0. The monoisotopic (exact) mass is 377 g/mol. The molecule has 7 heteroatoms. The Hall–Kier alpha value is -2.25. The van der Waals surface area contributed by atoms with Crippen molar-refractivity contribution in [3.8, 4) is 0 Å². The van der Waals surface area contributed by atoms with E-state index in [-0.39, 0.29) is 18.0 Å². The smallest absolute Gasteiger partial charge is 0.339 e. The van der Waals surface area contributed by atoms with E-state index in [9.17, 15) is 13.8 Å². The first-order chi connectivity index (χ1) is 12.4. The lowest BCUT2D eigenvalue weighted by molar-refractivity contribution is 0.0471. The van der Waals surface area contributed by atoms with Crippen molar-refractivity contribution in [3.05, 3.63) is 52.8 Å². The lowest BCUT2D eigenvalue weighted by Crippen LogP contribution is -2.16. The Bertz CT molecular complexity index is 840. The fourth-order valence-corrected chi connectivity index (χ4v) is 3.51. The van der Waals surface area contributed by atoms with Gasteiger partial charge in [-0.3, -0.25) is 9.00 Å². The topological polar surface area (TPSA) is 74.6 Å². The van der Waals surface area contributed by atoms with Crippen molar-refractivity contribution in [1.82, 2.24) is 4.57 Å². The van der Waals surface area contributed by atoms with E-state index in [0.29, 0.717) is 23.6 Å². The van der Waals surface area contributed by atoms with Gasteiger partial charge in [0, 0.05) is 36.9 Å². The number of methoxy groups -OCH3 is 1. The van der Waals surface area contributed by atoms with Crippen molar-refractivity contribution >= 4 is 22.6 Å². The molecule has 0 aliphatic rings. The van der Waals surface area contributed by atoms with Crippen molar-refractivity contribution in [2.75, 3.05) is 26.6 Å². The third-order valence-corrected chi connectivity index (χ3v) is 5.12. The average molecular weight is 377 g/mol. The second-order valence-electron chi connectivity index (χ2n) is 5.88. The predicted octanol–water partition coefficient (Wildman–Crippen LogP) is 2.53. The average Bonchev–Trinajstić information content (AvgIpc) is 2.91. The zero-order valence-corrected chi connectivity index (χ0v) is 16.2. The maximum Gasteiger partial charge on any atom is 0.339 e. The number of rotatable bonds is 8. The molecule has 1 heterocycles. The Morgan fingerprint density at radius 2 is 1.85 bits per heavy atom. The van der Waals surface area contributed by atoms with E-state index in [0.717, 1.165) is 11.4 Å². The van der Waals surface area contributed by atoms with Gasteiger partial charge in [0.25, 0.3) is 0 Å². The first-order valence-corrected chi connectivity index (χ1v) is 9.71. The van der Waals surface area contributed by atoms with Crippen LogP contribution in [0.3, 0.4) is 0 Å². The zero-order chi connectivity index (χ0) is 19.3. The molecule has 1 aromatic heterocycles. The molecule has 0 unspecified atom stereocenters. The van der Waals surface area contributed by atoms with E-state index >= 15 is 0 Å². The standard InChI is InChI=1S/C19H23NO5S/c1-13-11-16(14(2)20(13)9-10-24-3)17(21)12-25-19(22)15-7-5-6-8-18(15)26(4)23/h5-8,11H,9-10,12H2,1-4H3/t26-/m0/s1. The van der Waals surface area contributed by atoms with Crippen molar-refractivity contribution in [1.29, 1.82) is 0 Å². The van der Waals surface area contributed by atoms with Gasteiger partial charge in [0.15, 0.2) is 6.61 Å². The van der Waals surface area contributed by atoms with Gasteiger partial charge in [0.2, 0.25) is 5.78 Å². The second-order valence-corrected chi connectivity index (χ2v) is 7.23. The van der Waals surface area contributed by atoms with Crippen molar-refractivity contribution in [3.63, 3.8) is 0 Å². The number of benzene rings is 1. The van der Waals surface area contributed by atoms with Gasteiger partial charge in [-0.2, -0.15) is 0 Å². The van der Waals surface area contributed by atoms with Crippen molar-refractivity contribution in [2.24, 2.45) is 0 Å². The van der Waals surface area contributed by atoms with Crippen LogP contribution in [0.2, 0.25) is 0 Å². The van der Waals surface area contributed by atoms with Crippen LogP contribution in [-0.2, 0) is 26.8 Å². The number of hydrogen-bond donors (Lipinski definition) is 0. The predicted molar refractivity (Wildman–Crippen MR) is 99.2 cm³/mol. The van der Waals surface area contributed by atoms with Gasteiger partial charge in [0.05, 0.1) is 27.9 Å². The fraction of sp³-hybridized carbons (Fsp3) is 0.368. The number of carbonyl (C=O) groups excluding carboxylic acids is 2. The number of Topliss-reactive ketones (excluding diaryl/α,β-unsaturated/α-hetero) is 1. The van der Waals surface area contributed by atoms with Crippen LogP contribution in [-0.4, -0.2) is 47.1 Å². The molecule has 0 N–H and O–H groups in total. The van der Waals surface area contributed by atoms with E-state index < -0.39 is 16.8 Å². The van der Waals surface area contributed by atoms with Crippen LogP contribution in [0, 0.1) is 13.8 Å². The molecule has 0 aliphatic carbocycles. The number of esters is 1. The molecule has 0 amide bonds. The SMILES string of the molecule is COCCn1c(C)cc(C(=O)COC(=O)c2ccccc2[S@](C)=O)c1C. The lowest BCUT2D eigenvalue weighted by atomic mass is 10.1. The maximum absolute atomic E-state index is 12.5. The van der Waals surface area contributed by atoms with Gasteiger partial charge in [-0.05, 0) is 32.0 Å². The zero-order valence-electron chi connectivity index (χ0n) is 15.4. The number of aromatic nitrogens is 1. The molecule has 0 spiro atoms. The Kier molecular flexibility index (Phi) is 6.88. The summed E-state index contributed by atoms with van der Waals surface area (Å²) in [7, 11) is 0.307.